The molecule has 0 aliphatic carbocycles. The number of halogens is 1. The molecule has 0 bridgehead atoms. The Morgan fingerprint density at radius 2 is 1.64 bits per heavy atom. The van der Waals surface area contributed by atoms with E-state index in [0.717, 1.165) is 5.56 Å². The standard InChI is InChI=1S/C25H28FN3O3S/c1-19-7-4-5-10-24(19)27-33(31,32)23-13-11-21(12-14-23)25(30)29(16-15-28(2)3)18-20-8-6-9-22(26)17-20/h4-14,17,27H,15-16,18H2,1-3H3. The molecule has 0 heterocycles. The van der Waals surface area contributed by atoms with E-state index in [1.54, 1.807) is 29.2 Å². The number of amides is 1. The van der Waals surface area contributed by atoms with Gasteiger partial charge in [-0.15, -0.1) is 0 Å². The number of para-hydroxylation sites is 1. The number of nitrogens with zero attached hydrogens (tertiary/aromatic N) is 2. The topological polar surface area (TPSA) is 69.7 Å². The monoisotopic (exact) mass is 469 g/mol. The minimum atomic E-state index is -3.80. The summed E-state index contributed by atoms with van der Waals surface area (Å²) in [5.74, 6) is -0.611. The first-order valence-corrected chi connectivity index (χ1v) is 12.0. The van der Waals surface area contributed by atoms with Crippen molar-refractivity contribution < 1.29 is 17.6 Å². The molecule has 3 aromatic rings. The van der Waals surface area contributed by atoms with Gasteiger partial charge in [-0.25, -0.2) is 12.8 Å². The summed E-state index contributed by atoms with van der Waals surface area (Å²) in [4.78, 5) is 16.8. The van der Waals surface area contributed by atoms with Gasteiger partial charge in [-0.2, -0.15) is 0 Å². The first-order chi connectivity index (χ1) is 15.7. The minimum absolute atomic E-state index is 0.0623. The summed E-state index contributed by atoms with van der Waals surface area (Å²) in [5.41, 5.74) is 2.35. The number of hydrogen-bond donors (Lipinski definition) is 1. The van der Waals surface area contributed by atoms with Gasteiger partial charge in [-0.05, 0) is 74.6 Å². The van der Waals surface area contributed by atoms with Crippen LogP contribution in [0.3, 0.4) is 0 Å². The molecule has 174 valence electrons. The molecule has 8 heteroatoms. The Bertz CT molecular complexity index is 1210. The van der Waals surface area contributed by atoms with Crippen LogP contribution in [0.1, 0.15) is 21.5 Å². The maximum Gasteiger partial charge on any atom is 0.261 e. The molecule has 6 nitrogen and oxygen atoms in total. The normalized spacial score (nSPS) is 11.4. The number of carbonyl (C=O) groups excluding carboxylic acids is 1. The van der Waals surface area contributed by atoms with E-state index in [2.05, 4.69) is 4.72 Å². The Balaban J connectivity index is 1.80. The van der Waals surface area contributed by atoms with Crippen molar-refractivity contribution in [2.24, 2.45) is 0 Å². The average Bonchev–Trinajstić information content (AvgIpc) is 2.77. The summed E-state index contributed by atoms with van der Waals surface area (Å²) < 4.78 is 41.7. The van der Waals surface area contributed by atoms with Crippen LogP contribution in [-0.4, -0.2) is 51.3 Å². The van der Waals surface area contributed by atoms with E-state index in [4.69, 9.17) is 0 Å². The minimum Gasteiger partial charge on any atom is -0.333 e. The van der Waals surface area contributed by atoms with E-state index in [1.807, 2.05) is 38.1 Å². The fourth-order valence-corrected chi connectivity index (χ4v) is 4.41. The molecular formula is C25H28FN3O3S. The van der Waals surface area contributed by atoms with Crippen molar-refractivity contribution in [3.8, 4) is 0 Å². The number of rotatable bonds is 9. The molecule has 0 aliphatic heterocycles. The Kier molecular flexibility index (Phi) is 7.84. The van der Waals surface area contributed by atoms with Crippen LogP contribution >= 0.6 is 0 Å². The SMILES string of the molecule is Cc1ccccc1NS(=O)(=O)c1ccc(C(=O)N(CCN(C)C)Cc2cccc(F)c2)cc1. The highest BCUT2D eigenvalue weighted by Gasteiger charge is 2.19. The van der Waals surface area contributed by atoms with Crippen LogP contribution in [0, 0.1) is 12.7 Å². The smallest absolute Gasteiger partial charge is 0.261 e. The second kappa shape index (κ2) is 10.6. The first-order valence-electron chi connectivity index (χ1n) is 10.5. The van der Waals surface area contributed by atoms with Gasteiger partial charge in [0.1, 0.15) is 5.82 Å². The van der Waals surface area contributed by atoms with Crippen LogP contribution < -0.4 is 4.72 Å². The van der Waals surface area contributed by atoms with E-state index < -0.39 is 10.0 Å². The number of sulfonamides is 1. The van der Waals surface area contributed by atoms with E-state index in [9.17, 15) is 17.6 Å². The van der Waals surface area contributed by atoms with Crippen LogP contribution in [0.4, 0.5) is 10.1 Å². The van der Waals surface area contributed by atoms with Gasteiger partial charge in [0, 0.05) is 25.2 Å². The largest absolute Gasteiger partial charge is 0.333 e. The summed E-state index contributed by atoms with van der Waals surface area (Å²) in [5, 5.41) is 0. The van der Waals surface area contributed by atoms with Gasteiger partial charge in [-0.1, -0.05) is 30.3 Å². The maximum absolute atomic E-state index is 13.6. The molecule has 0 aromatic heterocycles. The molecule has 0 spiro atoms. The molecule has 33 heavy (non-hydrogen) atoms. The third kappa shape index (κ3) is 6.63. The van der Waals surface area contributed by atoms with E-state index in [0.29, 0.717) is 29.9 Å². The van der Waals surface area contributed by atoms with Gasteiger partial charge < -0.3 is 9.80 Å². The van der Waals surface area contributed by atoms with Gasteiger partial charge in [0.15, 0.2) is 0 Å². The molecule has 0 saturated carbocycles. The lowest BCUT2D eigenvalue weighted by atomic mass is 10.1. The van der Waals surface area contributed by atoms with Crippen molar-refractivity contribution in [2.45, 2.75) is 18.4 Å². The van der Waals surface area contributed by atoms with E-state index >= 15 is 0 Å². The number of nitrogens with one attached hydrogen (secondary N) is 1. The summed E-state index contributed by atoms with van der Waals surface area (Å²) >= 11 is 0. The van der Waals surface area contributed by atoms with Crippen molar-refractivity contribution in [3.63, 3.8) is 0 Å². The fourth-order valence-electron chi connectivity index (χ4n) is 3.28. The quantitative estimate of drug-likeness (QED) is 0.511. The number of benzene rings is 3. The van der Waals surface area contributed by atoms with Crippen LogP contribution in [0.5, 0.6) is 0 Å². The molecule has 1 N–H and O–H groups in total. The van der Waals surface area contributed by atoms with Crippen molar-refractivity contribution in [2.75, 3.05) is 31.9 Å². The number of aryl methyl sites for hydroxylation is 1. The number of anilines is 1. The molecule has 0 radical (unpaired) electrons. The zero-order valence-electron chi connectivity index (χ0n) is 19.0. The zero-order chi connectivity index (χ0) is 24.0. The molecule has 1 amide bonds. The molecule has 0 fully saturated rings. The Morgan fingerprint density at radius 1 is 0.939 bits per heavy atom. The van der Waals surface area contributed by atoms with Crippen LogP contribution in [0.25, 0.3) is 0 Å². The van der Waals surface area contributed by atoms with Crippen LogP contribution in [0.15, 0.2) is 77.7 Å². The fraction of sp³-hybridized carbons (Fsp3) is 0.240. The second-order valence-corrected chi connectivity index (χ2v) is 9.79. The summed E-state index contributed by atoms with van der Waals surface area (Å²) in [7, 11) is 0.0208. The molecule has 0 unspecified atom stereocenters. The molecule has 3 aromatic carbocycles. The maximum atomic E-state index is 13.6. The van der Waals surface area contributed by atoms with E-state index in [1.165, 1.54) is 36.4 Å². The highest BCUT2D eigenvalue weighted by Crippen LogP contribution is 2.20. The summed E-state index contributed by atoms with van der Waals surface area (Å²) in [6.07, 6.45) is 0. The van der Waals surface area contributed by atoms with Crippen LogP contribution in [0.2, 0.25) is 0 Å². The van der Waals surface area contributed by atoms with E-state index in [-0.39, 0.29) is 23.2 Å². The van der Waals surface area contributed by atoms with Gasteiger partial charge in [0.05, 0.1) is 10.6 Å². The van der Waals surface area contributed by atoms with Crippen molar-refractivity contribution >= 4 is 21.6 Å². The Hall–Kier alpha value is -3.23. The second-order valence-electron chi connectivity index (χ2n) is 8.10. The van der Waals surface area contributed by atoms with Crippen molar-refractivity contribution in [3.05, 3.63) is 95.3 Å². The lowest BCUT2D eigenvalue weighted by molar-refractivity contribution is 0.0731. The molecular weight excluding hydrogens is 441 g/mol. The Labute approximate surface area is 194 Å². The summed E-state index contributed by atoms with van der Waals surface area (Å²) in [6.45, 7) is 3.14. The third-order valence-electron chi connectivity index (χ3n) is 5.17. The predicted octanol–water partition coefficient (Wildman–Crippen LogP) is 4.14. The highest BCUT2D eigenvalue weighted by atomic mass is 32.2. The van der Waals surface area contributed by atoms with Gasteiger partial charge in [0.2, 0.25) is 0 Å². The molecule has 0 aliphatic rings. The van der Waals surface area contributed by atoms with Crippen molar-refractivity contribution in [1.82, 2.24) is 9.80 Å². The molecule has 3 rings (SSSR count). The predicted molar refractivity (Wildman–Crippen MR) is 128 cm³/mol. The summed E-state index contributed by atoms with van der Waals surface area (Å²) in [6, 6.07) is 19.1. The van der Waals surface area contributed by atoms with Gasteiger partial charge in [-0.3, -0.25) is 9.52 Å². The molecule has 0 saturated heterocycles. The van der Waals surface area contributed by atoms with Crippen molar-refractivity contribution in [1.29, 1.82) is 0 Å². The third-order valence-corrected chi connectivity index (χ3v) is 6.55. The van der Waals surface area contributed by atoms with Gasteiger partial charge in [0.25, 0.3) is 15.9 Å². The first kappa shape index (κ1) is 24.4. The molecule has 0 atom stereocenters. The van der Waals surface area contributed by atoms with Gasteiger partial charge >= 0.3 is 0 Å². The Morgan fingerprint density at radius 3 is 2.27 bits per heavy atom. The zero-order valence-corrected chi connectivity index (χ0v) is 19.8. The lowest BCUT2D eigenvalue weighted by Gasteiger charge is -2.25. The highest BCUT2D eigenvalue weighted by molar-refractivity contribution is 7.92. The number of carbonyl (C=O) groups is 1. The lowest BCUT2D eigenvalue weighted by Crippen LogP contribution is -2.36. The number of hydrogen-bond acceptors (Lipinski definition) is 4. The number of likely N-dealkylation sites (N-methyl/N-ethyl adjacent to an activating group) is 1. The van der Waals surface area contributed by atoms with Crippen LogP contribution in [-0.2, 0) is 16.6 Å². The average molecular weight is 470 g/mol.